The Morgan fingerprint density at radius 3 is 2.02 bits per heavy atom. The Labute approximate surface area is 283 Å². The van der Waals surface area contributed by atoms with Crippen LogP contribution in [0.4, 0.5) is 9.18 Å². The minimum Gasteiger partial charge on any atom is -0.496 e. The summed E-state index contributed by atoms with van der Waals surface area (Å²) in [6, 6.07) is 12.3. The van der Waals surface area contributed by atoms with Crippen LogP contribution < -0.4 is 24.3 Å². The third-order valence-electron chi connectivity index (χ3n) is 7.36. The molecule has 13 nitrogen and oxygen atoms in total. The molecular weight excluding hydrogens is 643 g/mol. The maximum Gasteiger partial charge on any atom is 0.410 e. The molecule has 1 N–H and O–H groups in total. The average molecular weight is 683 g/mol. The standard InChI is InChI=1S/C35H39FN2O11/c1-35(2,3)49-34(42)38-17-24(37-32(40)21-12-14-23(15-13-21)47-19-43-4)27(18-38)48-33(41)22-10-8-20(9-11-22)30(39)28-25(44-5)16-26(45-6)31(46-7)29(28)36/h8-16,24,27H,17-19H2,1-7H3,(H,37,40). The van der Waals surface area contributed by atoms with E-state index in [0.717, 1.165) is 0 Å². The van der Waals surface area contributed by atoms with E-state index in [0.29, 0.717) is 11.3 Å². The number of benzene rings is 3. The van der Waals surface area contributed by atoms with Crippen LogP contribution in [0.3, 0.4) is 0 Å². The van der Waals surface area contributed by atoms with Crippen molar-refractivity contribution in [2.24, 2.45) is 0 Å². The Morgan fingerprint density at radius 1 is 0.837 bits per heavy atom. The lowest BCUT2D eigenvalue weighted by atomic mass is 9.99. The lowest BCUT2D eigenvalue weighted by Crippen LogP contribution is -2.44. The van der Waals surface area contributed by atoms with Gasteiger partial charge in [0.2, 0.25) is 0 Å². The molecule has 4 rings (SSSR count). The summed E-state index contributed by atoms with van der Waals surface area (Å²) in [7, 11) is 5.34. The monoisotopic (exact) mass is 682 g/mol. The Kier molecular flexibility index (Phi) is 11.7. The molecule has 0 aromatic heterocycles. The van der Waals surface area contributed by atoms with Crippen LogP contribution in [0, 0.1) is 5.82 Å². The molecule has 0 spiro atoms. The van der Waals surface area contributed by atoms with E-state index >= 15 is 4.39 Å². The fourth-order valence-electron chi connectivity index (χ4n) is 5.00. The van der Waals surface area contributed by atoms with Crippen LogP contribution in [0.5, 0.6) is 23.0 Å². The smallest absolute Gasteiger partial charge is 0.410 e. The van der Waals surface area contributed by atoms with E-state index in [9.17, 15) is 19.2 Å². The summed E-state index contributed by atoms with van der Waals surface area (Å²) in [6.45, 7) is 5.18. The molecule has 3 aromatic rings. The molecule has 0 saturated carbocycles. The number of nitrogens with one attached hydrogen (secondary N) is 1. The van der Waals surface area contributed by atoms with Gasteiger partial charge in [-0.25, -0.2) is 14.0 Å². The Balaban J connectivity index is 1.52. The number of rotatable bonds is 12. The third-order valence-corrected chi connectivity index (χ3v) is 7.36. The molecule has 2 atom stereocenters. The summed E-state index contributed by atoms with van der Waals surface area (Å²) in [4.78, 5) is 54.1. The van der Waals surface area contributed by atoms with Crippen LogP contribution in [0.25, 0.3) is 0 Å². The van der Waals surface area contributed by atoms with E-state index < -0.39 is 47.3 Å². The second-order valence-corrected chi connectivity index (χ2v) is 11.9. The molecule has 0 aliphatic carbocycles. The number of esters is 1. The first-order valence-electron chi connectivity index (χ1n) is 15.1. The zero-order chi connectivity index (χ0) is 35.9. The van der Waals surface area contributed by atoms with Gasteiger partial charge in [0, 0.05) is 30.8 Å². The van der Waals surface area contributed by atoms with Gasteiger partial charge in [0.25, 0.3) is 5.91 Å². The number of methoxy groups -OCH3 is 4. The van der Waals surface area contributed by atoms with E-state index in [1.165, 1.54) is 63.7 Å². The van der Waals surface area contributed by atoms with E-state index in [-0.39, 0.29) is 53.8 Å². The van der Waals surface area contributed by atoms with Crippen LogP contribution in [0.2, 0.25) is 0 Å². The summed E-state index contributed by atoms with van der Waals surface area (Å²) < 4.78 is 52.3. The zero-order valence-corrected chi connectivity index (χ0v) is 28.3. The first kappa shape index (κ1) is 36.5. The van der Waals surface area contributed by atoms with Gasteiger partial charge in [-0.05, 0) is 57.2 Å². The largest absolute Gasteiger partial charge is 0.496 e. The first-order chi connectivity index (χ1) is 23.3. The summed E-state index contributed by atoms with van der Waals surface area (Å²) in [5, 5.41) is 2.85. The molecular formula is C35H39FN2O11. The normalized spacial score (nSPS) is 15.6. The highest BCUT2D eigenvalue weighted by Gasteiger charge is 2.40. The molecule has 1 heterocycles. The molecule has 262 valence electrons. The van der Waals surface area contributed by atoms with E-state index in [4.69, 9.17) is 33.2 Å². The average Bonchev–Trinajstić information content (AvgIpc) is 3.47. The Bertz CT molecular complexity index is 1670. The van der Waals surface area contributed by atoms with Gasteiger partial charge >= 0.3 is 12.1 Å². The number of hydrogen-bond donors (Lipinski definition) is 1. The molecule has 49 heavy (non-hydrogen) atoms. The molecule has 0 radical (unpaired) electrons. The Morgan fingerprint density at radius 2 is 1.45 bits per heavy atom. The van der Waals surface area contributed by atoms with Crippen LogP contribution in [0.1, 0.15) is 57.4 Å². The molecule has 1 fully saturated rings. The number of carbonyl (C=O) groups is 4. The highest BCUT2D eigenvalue weighted by Crippen LogP contribution is 2.39. The summed E-state index contributed by atoms with van der Waals surface area (Å²) in [5.41, 5.74) is -0.710. The fraction of sp³-hybridized carbons (Fsp3) is 0.371. The minimum atomic E-state index is -0.966. The van der Waals surface area contributed by atoms with Gasteiger partial charge in [0.1, 0.15) is 28.8 Å². The number of ketones is 1. The first-order valence-corrected chi connectivity index (χ1v) is 15.1. The third kappa shape index (κ3) is 8.76. The molecule has 0 bridgehead atoms. The maximum absolute atomic E-state index is 15.4. The second kappa shape index (κ2) is 15.7. The molecule has 1 saturated heterocycles. The predicted octanol–water partition coefficient (Wildman–Crippen LogP) is 4.64. The SMILES string of the molecule is COCOc1ccc(C(=O)NC2CN(C(=O)OC(C)(C)C)CC2OC(=O)c2ccc(C(=O)c3c(OC)cc(OC)c(OC)c3F)cc2)cc1. The van der Waals surface area contributed by atoms with Crippen LogP contribution >= 0.6 is 0 Å². The van der Waals surface area contributed by atoms with Crippen molar-refractivity contribution in [1.82, 2.24) is 10.2 Å². The number of carbonyl (C=O) groups excluding carboxylic acids is 4. The van der Waals surface area contributed by atoms with Gasteiger partial charge < -0.3 is 43.4 Å². The topological polar surface area (TPSA) is 148 Å². The summed E-state index contributed by atoms with van der Waals surface area (Å²) in [6.07, 6.45) is -1.58. The highest BCUT2D eigenvalue weighted by molar-refractivity contribution is 6.11. The van der Waals surface area contributed by atoms with Crippen LogP contribution in [0.15, 0.2) is 54.6 Å². The number of nitrogens with zero attached hydrogens (tertiary/aromatic N) is 1. The van der Waals surface area contributed by atoms with Gasteiger partial charge in [-0.3, -0.25) is 9.59 Å². The minimum absolute atomic E-state index is 0.0137. The van der Waals surface area contributed by atoms with E-state index in [1.54, 1.807) is 45.0 Å². The number of hydrogen-bond acceptors (Lipinski definition) is 11. The van der Waals surface area contributed by atoms with Gasteiger partial charge in [-0.2, -0.15) is 0 Å². The van der Waals surface area contributed by atoms with Gasteiger partial charge in [0.05, 0.1) is 39.5 Å². The van der Waals surface area contributed by atoms with Gasteiger partial charge in [-0.1, -0.05) is 12.1 Å². The predicted molar refractivity (Wildman–Crippen MR) is 173 cm³/mol. The van der Waals surface area contributed by atoms with Gasteiger partial charge in [0.15, 0.2) is 29.9 Å². The fourth-order valence-corrected chi connectivity index (χ4v) is 5.00. The van der Waals surface area contributed by atoms with Crippen LogP contribution in [-0.2, 0) is 14.2 Å². The van der Waals surface area contributed by atoms with Crippen LogP contribution in [-0.4, -0.2) is 94.7 Å². The van der Waals surface area contributed by atoms with E-state index in [1.807, 2.05) is 0 Å². The number of likely N-dealkylation sites (tertiary alicyclic amines) is 1. The van der Waals surface area contributed by atoms with Crippen molar-refractivity contribution in [2.45, 2.75) is 38.5 Å². The molecule has 3 aromatic carbocycles. The van der Waals surface area contributed by atoms with Crippen molar-refractivity contribution < 1.29 is 56.7 Å². The van der Waals surface area contributed by atoms with Crippen molar-refractivity contribution in [3.05, 3.63) is 82.7 Å². The maximum atomic E-state index is 15.4. The van der Waals surface area contributed by atoms with Gasteiger partial charge in [-0.15, -0.1) is 0 Å². The lowest BCUT2D eigenvalue weighted by Gasteiger charge is -2.24. The summed E-state index contributed by atoms with van der Waals surface area (Å²) in [5.74, 6) is -2.71. The second-order valence-electron chi connectivity index (χ2n) is 11.9. The molecule has 2 unspecified atom stereocenters. The zero-order valence-electron chi connectivity index (χ0n) is 28.3. The quantitative estimate of drug-likeness (QED) is 0.162. The van der Waals surface area contributed by atoms with Crippen molar-refractivity contribution in [2.75, 3.05) is 48.3 Å². The lowest BCUT2D eigenvalue weighted by molar-refractivity contribution is 0.0178. The molecule has 1 aliphatic heterocycles. The van der Waals surface area contributed by atoms with Crippen molar-refractivity contribution in [1.29, 1.82) is 0 Å². The van der Waals surface area contributed by atoms with Crippen molar-refractivity contribution in [3.63, 3.8) is 0 Å². The number of amides is 2. The van der Waals surface area contributed by atoms with Crippen molar-refractivity contribution >= 4 is 23.8 Å². The number of ether oxygens (including phenoxy) is 7. The Hall–Kier alpha value is -5.37. The molecule has 14 heteroatoms. The van der Waals surface area contributed by atoms with E-state index in [2.05, 4.69) is 5.32 Å². The highest BCUT2D eigenvalue weighted by atomic mass is 19.1. The number of halogens is 1. The summed E-state index contributed by atoms with van der Waals surface area (Å²) >= 11 is 0. The van der Waals surface area contributed by atoms with Crippen molar-refractivity contribution in [3.8, 4) is 23.0 Å². The molecule has 2 amide bonds. The molecule has 1 aliphatic rings.